The van der Waals surface area contributed by atoms with E-state index in [0.29, 0.717) is 11.6 Å². The van der Waals surface area contributed by atoms with E-state index in [-0.39, 0.29) is 12.3 Å². The highest BCUT2D eigenvalue weighted by atomic mass is 32.2. The number of pyridine rings is 1. The van der Waals surface area contributed by atoms with Gasteiger partial charge in [-0.05, 0) is 53.4 Å². The Bertz CT molecular complexity index is 1290. The van der Waals surface area contributed by atoms with Crippen molar-refractivity contribution in [3.63, 3.8) is 0 Å². The Balaban J connectivity index is 2.06. The number of sulfonamides is 1. The van der Waals surface area contributed by atoms with Gasteiger partial charge in [-0.2, -0.15) is 13.2 Å². The van der Waals surface area contributed by atoms with Crippen molar-refractivity contribution in [3.05, 3.63) is 83.7 Å². The Labute approximate surface area is 196 Å². The van der Waals surface area contributed by atoms with E-state index in [2.05, 4.69) is 9.71 Å². The molecule has 1 aromatic heterocycles. The second kappa shape index (κ2) is 9.94. The number of aryl methyl sites for hydroxylation is 1. The number of carbonyl (C=O) groups excluding carboxylic acids is 1. The van der Waals surface area contributed by atoms with Crippen LogP contribution in [0.5, 0.6) is 0 Å². The number of halogens is 3. The van der Waals surface area contributed by atoms with Crippen LogP contribution in [0.15, 0.2) is 71.9 Å². The van der Waals surface area contributed by atoms with Gasteiger partial charge in [0, 0.05) is 32.9 Å². The van der Waals surface area contributed by atoms with Gasteiger partial charge in [-0.25, -0.2) is 13.1 Å². The van der Waals surface area contributed by atoms with E-state index >= 15 is 0 Å². The number of rotatable bonds is 7. The van der Waals surface area contributed by atoms with Crippen LogP contribution in [0.25, 0.3) is 11.1 Å². The fraction of sp³-hybridized carbons (Fsp3) is 0.250. The molecular formula is C24H24F3N3O3S. The highest BCUT2D eigenvalue weighted by Crippen LogP contribution is 2.35. The standard InChI is InChI=1S/C24H24F3N3O3S/c1-16-15-28-12-11-19(16)17-7-6-8-18(13-17)21(14-23(31)30(2)3)29-34(32,33)22-10-5-4-9-20(22)24(25,26)27/h4-13,15,21,29H,14H2,1-3H3. The highest BCUT2D eigenvalue weighted by molar-refractivity contribution is 7.89. The van der Waals surface area contributed by atoms with E-state index < -0.39 is 32.7 Å². The molecule has 0 fully saturated rings. The van der Waals surface area contributed by atoms with Crippen LogP contribution in [0.2, 0.25) is 0 Å². The van der Waals surface area contributed by atoms with Gasteiger partial charge in [-0.15, -0.1) is 0 Å². The monoisotopic (exact) mass is 491 g/mol. The molecule has 0 saturated heterocycles. The fourth-order valence-electron chi connectivity index (χ4n) is 3.49. The van der Waals surface area contributed by atoms with Crippen molar-refractivity contribution in [2.75, 3.05) is 14.1 Å². The smallest absolute Gasteiger partial charge is 0.349 e. The molecule has 1 amide bonds. The van der Waals surface area contributed by atoms with Crippen molar-refractivity contribution >= 4 is 15.9 Å². The lowest BCUT2D eigenvalue weighted by molar-refractivity contribution is -0.140. The molecule has 0 bridgehead atoms. The van der Waals surface area contributed by atoms with Crippen molar-refractivity contribution < 1.29 is 26.4 Å². The third kappa shape index (κ3) is 5.81. The minimum absolute atomic E-state index is 0.279. The Morgan fingerprint density at radius 2 is 1.79 bits per heavy atom. The van der Waals surface area contributed by atoms with Crippen molar-refractivity contribution in [2.45, 2.75) is 30.5 Å². The van der Waals surface area contributed by atoms with Crippen LogP contribution in [0.3, 0.4) is 0 Å². The molecule has 2 aromatic carbocycles. The summed E-state index contributed by atoms with van der Waals surface area (Å²) in [4.78, 5) is 16.9. The van der Waals surface area contributed by atoms with E-state index in [1.807, 2.05) is 13.0 Å². The van der Waals surface area contributed by atoms with Gasteiger partial charge in [0.05, 0.1) is 16.5 Å². The number of hydrogen-bond donors (Lipinski definition) is 1. The molecule has 1 N–H and O–H groups in total. The molecule has 6 nitrogen and oxygen atoms in total. The summed E-state index contributed by atoms with van der Waals surface area (Å²) in [6.07, 6.45) is -1.83. The number of amides is 1. The first-order chi connectivity index (χ1) is 15.9. The van der Waals surface area contributed by atoms with Gasteiger partial charge < -0.3 is 4.90 Å². The minimum Gasteiger partial charge on any atom is -0.349 e. The molecule has 1 heterocycles. The summed E-state index contributed by atoms with van der Waals surface area (Å²) in [6.45, 7) is 1.87. The zero-order valence-electron chi connectivity index (χ0n) is 18.8. The van der Waals surface area contributed by atoms with E-state index in [0.717, 1.165) is 28.8 Å². The van der Waals surface area contributed by atoms with Crippen LogP contribution in [0, 0.1) is 6.92 Å². The zero-order chi connectivity index (χ0) is 25.1. The first-order valence-electron chi connectivity index (χ1n) is 10.3. The Morgan fingerprint density at radius 3 is 2.44 bits per heavy atom. The maximum absolute atomic E-state index is 13.5. The zero-order valence-corrected chi connectivity index (χ0v) is 19.6. The number of benzene rings is 2. The van der Waals surface area contributed by atoms with Crippen LogP contribution in [0.1, 0.15) is 29.2 Å². The molecule has 0 saturated carbocycles. The molecule has 0 spiro atoms. The topological polar surface area (TPSA) is 79.4 Å². The molecule has 0 aliphatic rings. The van der Waals surface area contributed by atoms with Crippen LogP contribution < -0.4 is 4.72 Å². The fourth-order valence-corrected chi connectivity index (χ4v) is 4.94. The lowest BCUT2D eigenvalue weighted by Gasteiger charge is -2.22. The molecule has 0 aliphatic carbocycles. The first-order valence-corrected chi connectivity index (χ1v) is 11.8. The van der Waals surface area contributed by atoms with Crippen LogP contribution in [-0.2, 0) is 21.0 Å². The van der Waals surface area contributed by atoms with Crippen molar-refractivity contribution in [1.82, 2.24) is 14.6 Å². The third-order valence-electron chi connectivity index (χ3n) is 5.28. The SMILES string of the molecule is Cc1cnccc1-c1cccc(C(CC(=O)N(C)C)NS(=O)(=O)c2ccccc2C(F)(F)F)c1. The van der Waals surface area contributed by atoms with Gasteiger partial charge >= 0.3 is 6.18 Å². The maximum atomic E-state index is 13.5. The van der Waals surface area contributed by atoms with Gasteiger partial charge in [-0.1, -0.05) is 30.3 Å². The van der Waals surface area contributed by atoms with E-state index in [9.17, 15) is 26.4 Å². The van der Waals surface area contributed by atoms with Crippen LogP contribution in [0.4, 0.5) is 13.2 Å². The molecule has 0 radical (unpaired) electrons. The summed E-state index contributed by atoms with van der Waals surface area (Å²) in [7, 11) is -1.59. The van der Waals surface area contributed by atoms with Crippen molar-refractivity contribution in [2.24, 2.45) is 0 Å². The predicted molar refractivity (Wildman–Crippen MR) is 122 cm³/mol. The number of nitrogens with zero attached hydrogens (tertiary/aromatic N) is 2. The summed E-state index contributed by atoms with van der Waals surface area (Å²) in [5.41, 5.74) is 1.67. The van der Waals surface area contributed by atoms with Gasteiger partial charge in [0.2, 0.25) is 15.9 Å². The molecule has 3 rings (SSSR count). The Morgan fingerprint density at radius 1 is 1.09 bits per heavy atom. The number of aromatic nitrogens is 1. The quantitative estimate of drug-likeness (QED) is 0.525. The van der Waals surface area contributed by atoms with E-state index in [1.165, 1.54) is 25.1 Å². The molecule has 10 heteroatoms. The number of alkyl halides is 3. The summed E-state index contributed by atoms with van der Waals surface area (Å²) < 4.78 is 69.0. The van der Waals surface area contributed by atoms with Crippen molar-refractivity contribution in [1.29, 1.82) is 0 Å². The second-order valence-electron chi connectivity index (χ2n) is 7.98. The summed E-state index contributed by atoms with van der Waals surface area (Å²) in [5.74, 6) is -0.387. The largest absolute Gasteiger partial charge is 0.417 e. The number of hydrogen-bond acceptors (Lipinski definition) is 4. The van der Waals surface area contributed by atoms with Gasteiger partial charge in [0.25, 0.3) is 0 Å². The minimum atomic E-state index is -4.86. The van der Waals surface area contributed by atoms with Gasteiger partial charge in [0.15, 0.2) is 0 Å². The number of carbonyl (C=O) groups is 1. The maximum Gasteiger partial charge on any atom is 0.417 e. The van der Waals surface area contributed by atoms with Gasteiger partial charge in [-0.3, -0.25) is 9.78 Å². The summed E-state index contributed by atoms with van der Waals surface area (Å²) in [5, 5.41) is 0. The van der Waals surface area contributed by atoms with Crippen LogP contribution >= 0.6 is 0 Å². The molecule has 1 atom stereocenters. The summed E-state index contributed by atoms with van der Waals surface area (Å²) in [6, 6.07) is 11.5. The average Bonchev–Trinajstić information content (AvgIpc) is 2.78. The van der Waals surface area contributed by atoms with E-state index in [4.69, 9.17) is 0 Å². The van der Waals surface area contributed by atoms with Gasteiger partial charge in [0.1, 0.15) is 0 Å². The molecule has 3 aromatic rings. The molecule has 180 valence electrons. The molecule has 0 aliphatic heterocycles. The lowest BCUT2D eigenvalue weighted by Crippen LogP contribution is -2.34. The normalized spacial score (nSPS) is 12.9. The van der Waals surface area contributed by atoms with Crippen LogP contribution in [-0.4, -0.2) is 38.3 Å². The second-order valence-corrected chi connectivity index (χ2v) is 9.66. The Hall–Kier alpha value is -3.24. The lowest BCUT2D eigenvalue weighted by atomic mass is 9.97. The first kappa shape index (κ1) is 25.4. The molecule has 1 unspecified atom stereocenters. The molecular weight excluding hydrogens is 467 g/mol. The van der Waals surface area contributed by atoms with E-state index in [1.54, 1.807) is 36.7 Å². The third-order valence-corrected chi connectivity index (χ3v) is 6.81. The average molecular weight is 492 g/mol. The van der Waals surface area contributed by atoms with Crippen molar-refractivity contribution in [3.8, 4) is 11.1 Å². The predicted octanol–water partition coefficient (Wildman–Crippen LogP) is 4.57. The highest BCUT2D eigenvalue weighted by Gasteiger charge is 2.37. The molecule has 34 heavy (non-hydrogen) atoms. The Kier molecular flexibility index (Phi) is 7.42. The summed E-state index contributed by atoms with van der Waals surface area (Å²) >= 11 is 0. The number of nitrogens with one attached hydrogen (secondary N) is 1.